The summed E-state index contributed by atoms with van der Waals surface area (Å²) >= 11 is 0. The van der Waals surface area contributed by atoms with E-state index in [-0.39, 0.29) is 11.3 Å². The molecule has 1 amide bonds. The van der Waals surface area contributed by atoms with Gasteiger partial charge < -0.3 is 10.2 Å². The number of nitrogens with one attached hydrogen (secondary N) is 1. The molecule has 1 N–H and O–H groups in total. The van der Waals surface area contributed by atoms with E-state index in [4.69, 9.17) is 0 Å². The number of benzene rings is 1. The van der Waals surface area contributed by atoms with Crippen LogP contribution in [0.15, 0.2) is 42.6 Å². The lowest BCUT2D eigenvalue weighted by molar-refractivity contribution is 0.0787. The molecular formula is C20H25N3O. The third-order valence-electron chi connectivity index (χ3n) is 4.41. The molecule has 3 rings (SSSR count). The second-order valence-corrected chi connectivity index (χ2v) is 7.38. The topological polar surface area (TPSA) is 45.2 Å². The Morgan fingerprint density at radius 3 is 2.33 bits per heavy atom. The van der Waals surface area contributed by atoms with Crippen LogP contribution in [-0.2, 0) is 5.41 Å². The molecule has 0 unspecified atom stereocenters. The lowest BCUT2D eigenvalue weighted by Gasteiger charge is -2.19. The fraction of sp³-hybridized carbons (Fsp3) is 0.400. The summed E-state index contributed by atoms with van der Waals surface area (Å²) in [5.74, 6) is 0.0271. The lowest BCUT2D eigenvalue weighted by Crippen LogP contribution is -2.28. The molecule has 0 saturated carbocycles. The highest BCUT2D eigenvalue weighted by Crippen LogP contribution is 2.25. The van der Waals surface area contributed by atoms with E-state index < -0.39 is 0 Å². The summed E-state index contributed by atoms with van der Waals surface area (Å²) < 4.78 is 0. The molecule has 1 aromatic heterocycles. The number of carbonyl (C=O) groups is 1. The van der Waals surface area contributed by atoms with Gasteiger partial charge in [-0.15, -0.1) is 0 Å². The van der Waals surface area contributed by atoms with Gasteiger partial charge in [-0.3, -0.25) is 9.78 Å². The molecule has 0 atom stereocenters. The van der Waals surface area contributed by atoms with Gasteiger partial charge >= 0.3 is 0 Å². The highest BCUT2D eigenvalue weighted by atomic mass is 16.2. The van der Waals surface area contributed by atoms with Gasteiger partial charge in [-0.2, -0.15) is 0 Å². The summed E-state index contributed by atoms with van der Waals surface area (Å²) in [6.07, 6.45) is 3.86. The molecular weight excluding hydrogens is 298 g/mol. The van der Waals surface area contributed by atoms with Crippen LogP contribution < -0.4 is 5.32 Å². The SMILES string of the molecule is CC(C)(C)c1ccc(Nc2ccnc(C(=O)N3CCCC3)c2)cc1. The van der Waals surface area contributed by atoms with Crippen LogP contribution in [0.25, 0.3) is 0 Å². The van der Waals surface area contributed by atoms with Crippen molar-refractivity contribution in [2.24, 2.45) is 0 Å². The first-order valence-electron chi connectivity index (χ1n) is 8.56. The van der Waals surface area contributed by atoms with Crippen molar-refractivity contribution in [3.8, 4) is 0 Å². The molecule has 1 aliphatic heterocycles. The van der Waals surface area contributed by atoms with Gasteiger partial charge in [0.15, 0.2) is 0 Å². The van der Waals surface area contributed by atoms with Gasteiger partial charge in [0.05, 0.1) is 0 Å². The average Bonchev–Trinajstić information content (AvgIpc) is 3.08. The number of amides is 1. The van der Waals surface area contributed by atoms with E-state index in [9.17, 15) is 4.79 Å². The Kier molecular flexibility index (Phi) is 4.56. The molecule has 2 heterocycles. The van der Waals surface area contributed by atoms with Gasteiger partial charge in [-0.05, 0) is 48.1 Å². The Bertz CT molecular complexity index is 710. The minimum atomic E-state index is 0.0271. The number of nitrogens with zero attached hydrogens (tertiary/aromatic N) is 2. The quantitative estimate of drug-likeness (QED) is 0.913. The van der Waals surface area contributed by atoms with E-state index in [0.717, 1.165) is 37.3 Å². The van der Waals surface area contributed by atoms with Crippen LogP contribution in [0.5, 0.6) is 0 Å². The maximum Gasteiger partial charge on any atom is 0.272 e. The number of anilines is 2. The summed E-state index contributed by atoms with van der Waals surface area (Å²) in [5.41, 5.74) is 3.84. The largest absolute Gasteiger partial charge is 0.355 e. The van der Waals surface area contributed by atoms with Crippen molar-refractivity contribution < 1.29 is 4.79 Å². The van der Waals surface area contributed by atoms with Crippen molar-refractivity contribution in [1.82, 2.24) is 9.88 Å². The van der Waals surface area contributed by atoms with E-state index in [0.29, 0.717) is 5.69 Å². The summed E-state index contributed by atoms with van der Waals surface area (Å²) in [6.45, 7) is 8.29. The molecule has 24 heavy (non-hydrogen) atoms. The Balaban J connectivity index is 1.73. The summed E-state index contributed by atoms with van der Waals surface area (Å²) in [5, 5.41) is 3.36. The number of aromatic nitrogens is 1. The molecule has 2 aromatic rings. The van der Waals surface area contributed by atoms with Crippen LogP contribution in [0, 0.1) is 0 Å². The highest BCUT2D eigenvalue weighted by molar-refractivity contribution is 5.93. The van der Waals surface area contributed by atoms with Gasteiger partial charge in [0.1, 0.15) is 5.69 Å². The Labute approximate surface area is 143 Å². The Hall–Kier alpha value is -2.36. The molecule has 0 spiro atoms. The smallest absolute Gasteiger partial charge is 0.272 e. The van der Waals surface area contributed by atoms with Crippen LogP contribution in [0.4, 0.5) is 11.4 Å². The first-order valence-corrected chi connectivity index (χ1v) is 8.56. The van der Waals surface area contributed by atoms with Gasteiger partial charge in [0.25, 0.3) is 5.91 Å². The normalized spacial score (nSPS) is 14.7. The second-order valence-electron chi connectivity index (χ2n) is 7.38. The lowest BCUT2D eigenvalue weighted by atomic mass is 9.87. The first kappa shape index (κ1) is 16.5. The van der Waals surface area contributed by atoms with Crippen molar-refractivity contribution in [3.63, 3.8) is 0 Å². The zero-order valence-electron chi connectivity index (χ0n) is 14.7. The number of pyridine rings is 1. The zero-order valence-corrected chi connectivity index (χ0v) is 14.7. The van der Waals surface area contributed by atoms with E-state index in [1.165, 1.54) is 5.56 Å². The third kappa shape index (κ3) is 3.75. The molecule has 1 fully saturated rings. The average molecular weight is 323 g/mol. The maximum absolute atomic E-state index is 12.4. The minimum absolute atomic E-state index is 0.0271. The van der Waals surface area contributed by atoms with Crippen molar-refractivity contribution >= 4 is 17.3 Å². The fourth-order valence-corrected chi connectivity index (χ4v) is 2.93. The van der Waals surface area contributed by atoms with Crippen molar-refractivity contribution in [2.45, 2.75) is 39.0 Å². The number of hydrogen-bond acceptors (Lipinski definition) is 3. The highest BCUT2D eigenvalue weighted by Gasteiger charge is 2.20. The fourth-order valence-electron chi connectivity index (χ4n) is 2.93. The van der Waals surface area contributed by atoms with Crippen molar-refractivity contribution in [3.05, 3.63) is 53.9 Å². The molecule has 4 heteroatoms. The zero-order chi connectivity index (χ0) is 17.2. The van der Waals surface area contributed by atoms with Crippen LogP contribution in [-0.4, -0.2) is 28.9 Å². The predicted octanol–water partition coefficient (Wildman–Crippen LogP) is 4.36. The van der Waals surface area contributed by atoms with Crippen molar-refractivity contribution in [1.29, 1.82) is 0 Å². The van der Waals surface area contributed by atoms with Crippen LogP contribution in [0.2, 0.25) is 0 Å². The molecule has 0 aliphatic carbocycles. The monoisotopic (exact) mass is 323 g/mol. The third-order valence-corrected chi connectivity index (χ3v) is 4.41. The van der Waals surface area contributed by atoms with E-state index in [1.807, 2.05) is 17.0 Å². The molecule has 126 valence electrons. The molecule has 0 radical (unpaired) electrons. The van der Waals surface area contributed by atoms with Gasteiger partial charge in [0, 0.05) is 30.7 Å². The van der Waals surface area contributed by atoms with Crippen LogP contribution >= 0.6 is 0 Å². The predicted molar refractivity (Wildman–Crippen MR) is 97.8 cm³/mol. The summed E-state index contributed by atoms with van der Waals surface area (Å²) in [4.78, 5) is 18.6. The van der Waals surface area contributed by atoms with Crippen LogP contribution in [0.1, 0.15) is 49.7 Å². The molecule has 0 bridgehead atoms. The van der Waals surface area contributed by atoms with Crippen molar-refractivity contribution in [2.75, 3.05) is 18.4 Å². The van der Waals surface area contributed by atoms with E-state index >= 15 is 0 Å². The Morgan fingerprint density at radius 2 is 1.71 bits per heavy atom. The van der Waals surface area contributed by atoms with Gasteiger partial charge in [0.2, 0.25) is 0 Å². The molecule has 4 nitrogen and oxygen atoms in total. The maximum atomic E-state index is 12.4. The first-order chi connectivity index (χ1) is 11.4. The van der Waals surface area contributed by atoms with E-state index in [1.54, 1.807) is 6.20 Å². The molecule has 1 aromatic carbocycles. The number of likely N-dealkylation sites (tertiary alicyclic amines) is 1. The van der Waals surface area contributed by atoms with Gasteiger partial charge in [-0.25, -0.2) is 0 Å². The molecule has 1 aliphatic rings. The minimum Gasteiger partial charge on any atom is -0.355 e. The van der Waals surface area contributed by atoms with Crippen LogP contribution in [0.3, 0.4) is 0 Å². The number of rotatable bonds is 3. The number of hydrogen-bond donors (Lipinski definition) is 1. The summed E-state index contributed by atoms with van der Waals surface area (Å²) in [7, 11) is 0. The van der Waals surface area contributed by atoms with E-state index in [2.05, 4.69) is 55.3 Å². The molecule has 1 saturated heterocycles. The Morgan fingerprint density at radius 1 is 1.04 bits per heavy atom. The second kappa shape index (κ2) is 6.63. The summed E-state index contributed by atoms with van der Waals surface area (Å²) in [6, 6.07) is 12.1. The standard InChI is InChI=1S/C20H25N3O/c1-20(2,3)15-6-8-16(9-7-15)22-17-10-11-21-18(14-17)19(24)23-12-4-5-13-23/h6-11,14H,4-5,12-13H2,1-3H3,(H,21,22). The number of carbonyl (C=O) groups excluding carboxylic acids is 1. The van der Waals surface area contributed by atoms with Gasteiger partial charge in [-0.1, -0.05) is 32.9 Å².